The average molecular weight is 311 g/mol. The summed E-state index contributed by atoms with van der Waals surface area (Å²) in [6, 6.07) is 15.0. The summed E-state index contributed by atoms with van der Waals surface area (Å²) in [6.07, 6.45) is 0.450. The summed E-state index contributed by atoms with van der Waals surface area (Å²) < 4.78 is 0. The zero-order valence-corrected chi connectivity index (χ0v) is 12.4. The van der Waals surface area contributed by atoms with Gasteiger partial charge in [0.2, 0.25) is 0 Å². The summed E-state index contributed by atoms with van der Waals surface area (Å²) in [5, 5.41) is 1.25. The third-order valence-corrected chi connectivity index (χ3v) is 4.32. The largest absolute Gasteiger partial charge is 0.298 e. The lowest BCUT2D eigenvalue weighted by atomic mass is 10.1. The lowest BCUT2D eigenvalue weighted by molar-refractivity contribution is -0.116. The zero-order valence-electron chi connectivity index (χ0n) is 10.1. The molecule has 0 fully saturated rings. The van der Waals surface area contributed by atoms with Crippen LogP contribution in [0.4, 0.5) is 0 Å². The van der Waals surface area contributed by atoms with Crippen LogP contribution < -0.4 is 0 Å². The Bertz CT molecular complexity index is 570. The molecule has 0 radical (unpaired) electrons. The highest BCUT2D eigenvalue weighted by molar-refractivity contribution is 8.00. The maximum absolute atomic E-state index is 11.9. The van der Waals surface area contributed by atoms with E-state index in [1.165, 1.54) is 11.8 Å². The van der Waals surface area contributed by atoms with E-state index in [-0.39, 0.29) is 5.78 Å². The predicted molar refractivity (Wildman–Crippen MR) is 82.3 cm³/mol. The molecule has 2 aromatic rings. The molecule has 19 heavy (non-hydrogen) atoms. The highest BCUT2D eigenvalue weighted by Gasteiger charge is 2.07. The van der Waals surface area contributed by atoms with E-state index < -0.39 is 0 Å². The van der Waals surface area contributed by atoms with Gasteiger partial charge in [-0.3, -0.25) is 4.79 Å². The smallest absolute Gasteiger partial charge is 0.147 e. The molecule has 2 rings (SSSR count). The Labute approximate surface area is 126 Å². The Kier molecular flexibility index (Phi) is 5.32. The first-order chi connectivity index (χ1) is 9.15. The highest BCUT2D eigenvalue weighted by Crippen LogP contribution is 2.29. The van der Waals surface area contributed by atoms with Crippen molar-refractivity contribution in [3.63, 3.8) is 0 Å². The van der Waals surface area contributed by atoms with Crippen molar-refractivity contribution in [2.45, 2.75) is 11.3 Å². The van der Waals surface area contributed by atoms with Gasteiger partial charge in [0.15, 0.2) is 0 Å². The van der Waals surface area contributed by atoms with Crippen molar-refractivity contribution < 1.29 is 4.79 Å². The highest BCUT2D eigenvalue weighted by atomic mass is 35.5. The molecule has 0 aliphatic heterocycles. The van der Waals surface area contributed by atoms with Gasteiger partial charge in [-0.05, 0) is 23.8 Å². The van der Waals surface area contributed by atoms with Gasteiger partial charge in [0.25, 0.3) is 0 Å². The van der Waals surface area contributed by atoms with E-state index in [1.807, 2.05) is 30.3 Å². The van der Waals surface area contributed by atoms with Crippen molar-refractivity contribution in [2.24, 2.45) is 0 Å². The Hall–Kier alpha value is -0.960. The lowest BCUT2D eigenvalue weighted by Crippen LogP contribution is -2.05. The van der Waals surface area contributed by atoms with Crippen LogP contribution in [0.25, 0.3) is 0 Å². The fraction of sp³-hybridized carbons (Fsp3) is 0.133. The fourth-order valence-electron chi connectivity index (χ4n) is 1.62. The Morgan fingerprint density at radius 1 is 1.05 bits per heavy atom. The van der Waals surface area contributed by atoms with E-state index in [0.29, 0.717) is 22.2 Å². The molecule has 0 saturated heterocycles. The molecule has 0 amide bonds. The number of halogens is 2. The van der Waals surface area contributed by atoms with Crippen molar-refractivity contribution in [3.8, 4) is 0 Å². The number of carbonyl (C=O) groups is 1. The van der Waals surface area contributed by atoms with Crippen molar-refractivity contribution in [3.05, 3.63) is 64.1 Å². The summed E-state index contributed by atoms with van der Waals surface area (Å²) in [4.78, 5) is 12.7. The predicted octanol–water partition coefficient (Wildman–Crippen LogP) is 4.90. The van der Waals surface area contributed by atoms with Crippen LogP contribution in [0.3, 0.4) is 0 Å². The molecule has 0 aromatic heterocycles. The second-order valence-electron chi connectivity index (χ2n) is 4.06. The van der Waals surface area contributed by atoms with Crippen molar-refractivity contribution in [1.29, 1.82) is 0 Å². The summed E-state index contributed by atoms with van der Waals surface area (Å²) in [7, 11) is 0. The van der Waals surface area contributed by atoms with Crippen LogP contribution >= 0.6 is 35.0 Å². The SMILES string of the molecule is O=C(CSc1cc(Cl)ccc1Cl)Cc1ccccc1. The number of rotatable bonds is 5. The van der Waals surface area contributed by atoms with Crippen LogP contribution in [-0.4, -0.2) is 11.5 Å². The number of Topliss-reactive ketones (excluding diaryl/α,β-unsaturated/α-hetero) is 1. The third kappa shape index (κ3) is 4.57. The van der Waals surface area contributed by atoms with Crippen LogP contribution in [0, 0.1) is 0 Å². The molecule has 0 aliphatic carbocycles. The van der Waals surface area contributed by atoms with Crippen LogP contribution in [0.5, 0.6) is 0 Å². The summed E-state index contributed by atoms with van der Waals surface area (Å²) in [5.41, 5.74) is 1.03. The van der Waals surface area contributed by atoms with Gasteiger partial charge in [0, 0.05) is 16.3 Å². The number of hydrogen-bond donors (Lipinski definition) is 0. The van der Waals surface area contributed by atoms with Crippen LogP contribution in [-0.2, 0) is 11.2 Å². The molecule has 0 N–H and O–H groups in total. The molecule has 4 heteroatoms. The Morgan fingerprint density at radius 2 is 1.79 bits per heavy atom. The van der Waals surface area contributed by atoms with Crippen LogP contribution in [0.1, 0.15) is 5.56 Å². The average Bonchev–Trinajstić information content (AvgIpc) is 2.41. The van der Waals surface area contributed by atoms with E-state index in [0.717, 1.165) is 10.5 Å². The molecule has 98 valence electrons. The first kappa shape index (κ1) is 14.4. The monoisotopic (exact) mass is 310 g/mol. The molecule has 0 atom stereocenters. The maximum Gasteiger partial charge on any atom is 0.147 e. The second-order valence-corrected chi connectivity index (χ2v) is 5.93. The summed E-state index contributed by atoms with van der Waals surface area (Å²) in [5.74, 6) is 0.571. The van der Waals surface area contributed by atoms with E-state index in [4.69, 9.17) is 23.2 Å². The minimum absolute atomic E-state index is 0.173. The zero-order chi connectivity index (χ0) is 13.7. The molecule has 0 saturated carbocycles. The molecule has 0 bridgehead atoms. The lowest BCUT2D eigenvalue weighted by Gasteiger charge is -2.04. The molecule has 2 aromatic carbocycles. The Balaban J connectivity index is 1.92. The first-order valence-corrected chi connectivity index (χ1v) is 7.53. The number of carbonyl (C=O) groups excluding carboxylic acids is 1. The van der Waals surface area contributed by atoms with Crippen molar-refractivity contribution >= 4 is 40.7 Å². The molecular formula is C15H12Cl2OS. The number of ketones is 1. The first-order valence-electron chi connectivity index (χ1n) is 5.78. The number of benzene rings is 2. The van der Waals surface area contributed by atoms with E-state index in [1.54, 1.807) is 18.2 Å². The van der Waals surface area contributed by atoms with E-state index >= 15 is 0 Å². The molecule has 0 aliphatic rings. The topological polar surface area (TPSA) is 17.1 Å². The van der Waals surface area contributed by atoms with Gasteiger partial charge in [-0.15, -0.1) is 11.8 Å². The quantitative estimate of drug-likeness (QED) is 0.731. The summed E-state index contributed by atoms with van der Waals surface area (Å²) in [6.45, 7) is 0. The Morgan fingerprint density at radius 3 is 2.53 bits per heavy atom. The van der Waals surface area contributed by atoms with Gasteiger partial charge in [0.1, 0.15) is 5.78 Å². The van der Waals surface area contributed by atoms with Crippen LogP contribution in [0.15, 0.2) is 53.4 Å². The molecule has 0 spiro atoms. The van der Waals surface area contributed by atoms with Crippen molar-refractivity contribution in [1.82, 2.24) is 0 Å². The van der Waals surface area contributed by atoms with Gasteiger partial charge in [-0.25, -0.2) is 0 Å². The number of hydrogen-bond acceptors (Lipinski definition) is 2. The molecule has 0 unspecified atom stereocenters. The van der Waals surface area contributed by atoms with Crippen molar-refractivity contribution in [2.75, 3.05) is 5.75 Å². The van der Waals surface area contributed by atoms with Gasteiger partial charge in [-0.1, -0.05) is 53.5 Å². The van der Waals surface area contributed by atoms with E-state index in [9.17, 15) is 4.79 Å². The normalized spacial score (nSPS) is 10.4. The fourth-order valence-corrected chi connectivity index (χ4v) is 2.97. The number of thioether (sulfide) groups is 1. The van der Waals surface area contributed by atoms with Gasteiger partial charge in [-0.2, -0.15) is 0 Å². The van der Waals surface area contributed by atoms with Gasteiger partial charge in [0.05, 0.1) is 10.8 Å². The molecule has 1 nitrogen and oxygen atoms in total. The maximum atomic E-state index is 11.9. The van der Waals surface area contributed by atoms with E-state index in [2.05, 4.69) is 0 Å². The molecule has 0 heterocycles. The summed E-state index contributed by atoms with van der Waals surface area (Å²) >= 11 is 13.4. The second kappa shape index (κ2) is 6.99. The third-order valence-electron chi connectivity index (χ3n) is 2.53. The minimum Gasteiger partial charge on any atom is -0.298 e. The molecular weight excluding hydrogens is 299 g/mol. The van der Waals surface area contributed by atoms with Crippen LogP contribution in [0.2, 0.25) is 10.0 Å². The standard InChI is InChI=1S/C15H12Cl2OS/c16-12-6-7-14(17)15(9-12)19-10-13(18)8-11-4-2-1-3-5-11/h1-7,9H,8,10H2. The van der Waals surface area contributed by atoms with Gasteiger partial charge < -0.3 is 0 Å². The van der Waals surface area contributed by atoms with Gasteiger partial charge >= 0.3 is 0 Å². The minimum atomic E-state index is 0.173.